The van der Waals surface area contributed by atoms with E-state index in [4.69, 9.17) is 5.84 Å². The first-order chi connectivity index (χ1) is 6.06. The lowest BCUT2D eigenvalue weighted by atomic mass is 10.2. The largest absolute Gasteiger partial charge is 0.290 e. The minimum absolute atomic E-state index is 0.00231. The van der Waals surface area contributed by atoms with Gasteiger partial charge < -0.3 is 0 Å². The van der Waals surface area contributed by atoms with E-state index < -0.39 is 11.5 Å². The number of nitrogens with zero attached hydrogens (tertiary/aromatic N) is 2. The van der Waals surface area contributed by atoms with Crippen LogP contribution in [-0.2, 0) is 7.05 Å². The van der Waals surface area contributed by atoms with Gasteiger partial charge in [-0.25, -0.2) is 10.5 Å². The fraction of sp³-hybridized carbons (Fsp3) is 0.286. The molecule has 0 aliphatic rings. The van der Waals surface area contributed by atoms with E-state index in [-0.39, 0.29) is 5.56 Å². The number of nitrogen functional groups attached to an aromatic ring is 1. The standard InChI is InChI=1S/C7H10N4O2/c1-4-3-5(6(12)9-8)7(13)11(2)10-4/h3H,8H2,1-2H3,(H,9,12). The molecule has 1 heterocycles. The van der Waals surface area contributed by atoms with Gasteiger partial charge >= 0.3 is 0 Å². The lowest BCUT2D eigenvalue weighted by Crippen LogP contribution is -2.36. The molecule has 0 aromatic carbocycles. The van der Waals surface area contributed by atoms with E-state index in [1.165, 1.54) is 13.1 Å². The molecule has 0 aliphatic heterocycles. The lowest BCUT2D eigenvalue weighted by Gasteiger charge is -2.02. The number of hydrogen-bond donors (Lipinski definition) is 2. The maximum absolute atomic E-state index is 11.3. The fourth-order valence-corrected chi connectivity index (χ4v) is 0.996. The second-order valence-corrected chi connectivity index (χ2v) is 2.60. The van der Waals surface area contributed by atoms with Gasteiger partial charge in [0.2, 0.25) is 0 Å². The average Bonchev–Trinajstić information content (AvgIpc) is 2.10. The predicted molar refractivity (Wildman–Crippen MR) is 45.9 cm³/mol. The summed E-state index contributed by atoms with van der Waals surface area (Å²) in [6.07, 6.45) is 0. The smallest absolute Gasteiger partial charge is 0.279 e. The highest BCUT2D eigenvalue weighted by Gasteiger charge is 2.10. The van der Waals surface area contributed by atoms with Crippen LogP contribution in [0.1, 0.15) is 16.1 Å². The number of nitrogens with two attached hydrogens (primary N) is 1. The molecule has 6 heteroatoms. The molecule has 0 aliphatic carbocycles. The van der Waals surface area contributed by atoms with Gasteiger partial charge in [0.15, 0.2) is 0 Å². The monoisotopic (exact) mass is 182 g/mol. The van der Waals surface area contributed by atoms with Gasteiger partial charge in [0.1, 0.15) is 5.56 Å². The summed E-state index contributed by atoms with van der Waals surface area (Å²) in [7, 11) is 1.47. The number of aromatic nitrogens is 2. The molecule has 0 saturated carbocycles. The Kier molecular flexibility index (Phi) is 2.43. The molecule has 0 radical (unpaired) electrons. The first-order valence-electron chi connectivity index (χ1n) is 3.62. The van der Waals surface area contributed by atoms with E-state index in [1.807, 2.05) is 5.43 Å². The minimum Gasteiger partial charge on any atom is -0.290 e. The summed E-state index contributed by atoms with van der Waals surface area (Å²) in [6.45, 7) is 1.69. The third kappa shape index (κ3) is 1.73. The highest BCUT2D eigenvalue weighted by atomic mass is 16.2. The Balaban J connectivity index is 3.37. The van der Waals surface area contributed by atoms with E-state index in [9.17, 15) is 9.59 Å². The van der Waals surface area contributed by atoms with E-state index in [1.54, 1.807) is 6.92 Å². The lowest BCUT2D eigenvalue weighted by molar-refractivity contribution is 0.0951. The molecule has 0 fully saturated rings. The molecule has 0 bridgehead atoms. The van der Waals surface area contributed by atoms with Crippen LogP contribution in [-0.4, -0.2) is 15.7 Å². The van der Waals surface area contributed by atoms with Crippen LogP contribution in [0.3, 0.4) is 0 Å². The Bertz CT molecular complexity index is 396. The van der Waals surface area contributed by atoms with Gasteiger partial charge in [-0.2, -0.15) is 5.10 Å². The summed E-state index contributed by atoms with van der Waals surface area (Å²) in [5.41, 5.74) is 2.01. The maximum atomic E-state index is 11.3. The topological polar surface area (TPSA) is 90.0 Å². The van der Waals surface area contributed by atoms with Crippen molar-refractivity contribution in [2.75, 3.05) is 0 Å². The highest BCUT2D eigenvalue weighted by Crippen LogP contribution is 1.93. The number of amides is 1. The van der Waals surface area contributed by atoms with E-state index in [0.717, 1.165) is 4.68 Å². The molecule has 1 aromatic rings. The van der Waals surface area contributed by atoms with Gasteiger partial charge in [-0.05, 0) is 13.0 Å². The number of rotatable bonds is 1. The Labute approximate surface area is 74.3 Å². The summed E-state index contributed by atoms with van der Waals surface area (Å²) in [6, 6.07) is 1.39. The van der Waals surface area contributed by atoms with Gasteiger partial charge in [-0.1, -0.05) is 0 Å². The number of carbonyl (C=O) groups is 1. The summed E-state index contributed by atoms with van der Waals surface area (Å²) in [4.78, 5) is 22.4. The molecule has 0 spiro atoms. The third-order valence-corrected chi connectivity index (χ3v) is 1.56. The molecule has 1 amide bonds. The zero-order chi connectivity index (χ0) is 10.0. The van der Waals surface area contributed by atoms with Crippen LogP contribution in [0.2, 0.25) is 0 Å². The van der Waals surface area contributed by atoms with Crippen molar-refractivity contribution in [1.29, 1.82) is 0 Å². The van der Waals surface area contributed by atoms with Gasteiger partial charge in [0.05, 0.1) is 5.69 Å². The molecular formula is C7H10N4O2. The Morgan fingerprint density at radius 1 is 1.69 bits per heavy atom. The van der Waals surface area contributed by atoms with Crippen LogP contribution in [0.25, 0.3) is 0 Å². The van der Waals surface area contributed by atoms with E-state index >= 15 is 0 Å². The highest BCUT2D eigenvalue weighted by molar-refractivity contribution is 5.93. The Morgan fingerprint density at radius 3 is 2.85 bits per heavy atom. The fourth-order valence-electron chi connectivity index (χ4n) is 0.996. The van der Waals surface area contributed by atoms with Gasteiger partial charge in [-0.3, -0.25) is 15.0 Å². The summed E-state index contributed by atoms with van der Waals surface area (Å²) >= 11 is 0. The molecule has 0 saturated heterocycles. The third-order valence-electron chi connectivity index (χ3n) is 1.56. The Hall–Kier alpha value is -1.69. The van der Waals surface area contributed by atoms with Crippen molar-refractivity contribution in [3.05, 3.63) is 27.7 Å². The molecule has 1 aromatic heterocycles. The number of hydrazine groups is 1. The second kappa shape index (κ2) is 3.36. The van der Waals surface area contributed by atoms with E-state index in [2.05, 4.69) is 5.10 Å². The second-order valence-electron chi connectivity index (χ2n) is 2.60. The van der Waals surface area contributed by atoms with Crippen molar-refractivity contribution in [3.8, 4) is 0 Å². The molecule has 13 heavy (non-hydrogen) atoms. The minimum atomic E-state index is -0.605. The number of nitrogens with one attached hydrogen (secondary N) is 1. The molecule has 70 valence electrons. The van der Waals surface area contributed by atoms with Crippen molar-refractivity contribution in [1.82, 2.24) is 15.2 Å². The van der Waals surface area contributed by atoms with Crippen molar-refractivity contribution in [2.24, 2.45) is 12.9 Å². The average molecular weight is 182 g/mol. The van der Waals surface area contributed by atoms with Crippen molar-refractivity contribution < 1.29 is 4.79 Å². The van der Waals surface area contributed by atoms with Gasteiger partial charge in [0.25, 0.3) is 11.5 Å². The zero-order valence-electron chi connectivity index (χ0n) is 7.37. The molecular weight excluding hydrogens is 172 g/mol. The van der Waals surface area contributed by atoms with Crippen LogP contribution in [0.5, 0.6) is 0 Å². The Morgan fingerprint density at radius 2 is 2.31 bits per heavy atom. The van der Waals surface area contributed by atoms with Crippen LogP contribution >= 0.6 is 0 Å². The molecule has 6 nitrogen and oxygen atoms in total. The van der Waals surface area contributed by atoms with Crippen LogP contribution in [0, 0.1) is 6.92 Å². The van der Waals surface area contributed by atoms with Crippen LogP contribution in [0.15, 0.2) is 10.9 Å². The molecule has 0 unspecified atom stereocenters. The number of aryl methyl sites for hydroxylation is 2. The summed E-state index contributed by atoms with van der Waals surface area (Å²) in [5, 5.41) is 3.83. The summed E-state index contributed by atoms with van der Waals surface area (Å²) in [5.74, 6) is 4.30. The number of carbonyl (C=O) groups excluding carboxylic acids is 1. The van der Waals surface area contributed by atoms with Crippen molar-refractivity contribution in [3.63, 3.8) is 0 Å². The van der Waals surface area contributed by atoms with Crippen LogP contribution < -0.4 is 16.8 Å². The first-order valence-corrected chi connectivity index (χ1v) is 3.62. The maximum Gasteiger partial charge on any atom is 0.279 e. The predicted octanol–water partition coefficient (Wildman–Crippen LogP) is -1.31. The molecule has 0 atom stereocenters. The molecule has 1 rings (SSSR count). The van der Waals surface area contributed by atoms with Gasteiger partial charge in [-0.15, -0.1) is 0 Å². The van der Waals surface area contributed by atoms with Crippen LogP contribution in [0.4, 0.5) is 0 Å². The number of hydrogen-bond acceptors (Lipinski definition) is 4. The van der Waals surface area contributed by atoms with Gasteiger partial charge in [0, 0.05) is 7.05 Å². The first kappa shape index (κ1) is 9.40. The summed E-state index contributed by atoms with van der Waals surface area (Å²) < 4.78 is 1.10. The van der Waals surface area contributed by atoms with Crippen molar-refractivity contribution in [2.45, 2.75) is 6.92 Å². The van der Waals surface area contributed by atoms with E-state index in [0.29, 0.717) is 5.69 Å². The molecule has 3 N–H and O–H groups in total. The van der Waals surface area contributed by atoms with Crippen molar-refractivity contribution >= 4 is 5.91 Å². The normalized spacial score (nSPS) is 9.77. The zero-order valence-corrected chi connectivity index (χ0v) is 7.37. The SMILES string of the molecule is Cc1cc(C(=O)NN)c(=O)n(C)n1. The quantitative estimate of drug-likeness (QED) is 0.320.